The minimum absolute atomic E-state index is 0.0851. The van der Waals surface area contributed by atoms with Crippen molar-refractivity contribution in [1.82, 2.24) is 0 Å². The van der Waals surface area contributed by atoms with Crippen molar-refractivity contribution in [3.8, 4) is 0 Å². The summed E-state index contributed by atoms with van der Waals surface area (Å²) in [5.74, 6) is -1.38. The van der Waals surface area contributed by atoms with Gasteiger partial charge in [-0.25, -0.2) is 9.13 Å². The van der Waals surface area contributed by atoms with Crippen molar-refractivity contribution in [3.05, 3.63) is 24.3 Å². The maximum atomic E-state index is 13.0. The molecule has 0 aliphatic rings. The van der Waals surface area contributed by atoms with Crippen LogP contribution in [0.15, 0.2) is 24.3 Å². The number of aliphatic hydroxyl groups excluding tert-OH is 1. The van der Waals surface area contributed by atoms with Gasteiger partial charge in [-0.2, -0.15) is 0 Å². The molecule has 0 heterocycles. The van der Waals surface area contributed by atoms with Crippen molar-refractivity contribution < 1.29 is 80.2 Å². The fraction of sp³-hybridized carbons (Fsp3) is 0.889. The van der Waals surface area contributed by atoms with Gasteiger partial charge in [-0.05, 0) is 57.3 Å². The number of hydrogen-bond acceptors (Lipinski definition) is 15. The molecule has 0 aromatic carbocycles. The summed E-state index contributed by atoms with van der Waals surface area (Å²) in [6, 6.07) is 0. The zero-order valence-electron chi connectivity index (χ0n) is 58.5. The first kappa shape index (κ1) is 88.5. The predicted molar refractivity (Wildman–Crippen MR) is 368 cm³/mol. The van der Waals surface area contributed by atoms with E-state index in [4.69, 9.17) is 37.0 Å². The van der Waals surface area contributed by atoms with Gasteiger partial charge >= 0.3 is 39.5 Å². The number of phosphoric ester groups is 2. The zero-order chi connectivity index (χ0) is 67.0. The quantitative estimate of drug-likeness (QED) is 0.0169. The first-order valence-electron chi connectivity index (χ1n) is 37.0. The molecular formula is C72H136O17P2. The molecule has 0 rings (SSSR count). The highest BCUT2D eigenvalue weighted by Crippen LogP contribution is 2.45. The summed E-state index contributed by atoms with van der Waals surface area (Å²) in [5, 5.41) is 10.6. The number of unbranched alkanes of at least 4 members (excludes halogenated alkanes) is 39. The van der Waals surface area contributed by atoms with Gasteiger partial charge in [0.05, 0.1) is 26.4 Å². The fourth-order valence-corrected chi connectivity index (χ4v) is 12.0. The molecule has 3 N–H and O–H groups in total. The SMILES string of the molecule is CCCCCC/C=C\C=C/CCCCCCCC(=O)O[C@H](COC(=O)CCCCCCCCCCCCCC(C)C)COP(=O)(O)OC[C@@H](O)COP(=O)(O)OC[C@@H](COC(=O)CCCCCCCCCC)OC(=O)CCCCCCCCCCCCCCCC. The molecule has 0 aliphatic carbocycles. The molecule has 0 radical (unpaired) electrons. The van der Waals surface area contributed by atoms with E-state index in [1.54, 1.807) is 0 Å². The Morgan fingerprint density at radius 3 is 0.901 bits per heavy atom. The Kier molecular flexibility index (Phi) is 63.1. The maximum Gasteiger partial charge on any atom is 0.472 e. The van der Waals surface area contributed by atoms with E-state index in [9.17, 15) is 43.2 Å². The second-order valence-corrected chi connectivity index (χ2v) is 28.7. The number of allylic oxidation sites excluding steroid dienone is 4. The number of rotatable bonds is 70. The third kappa shape index (κ3) is 66.0. The minimum atomic E-state index is -4.96. The Balaban J connectivity index is 5.26. The van der Waals surface area contributed by atoms with E-state index >= 15 is 0 Å². The van der Waals surface area contributed by atoms with E-state index in [2.05, 4.69) is 58.9 Å². The molecule has 2 unspecified atom stereocenters. The lowest BCUT2D eigenvalue weighted by molar-refractivity contribution is -0.161. The molecule has 17 nitrogen and oxygen atoms in total. The Morgan fingerprint density at radius 1 is 0.341 bits per heavy atom. The number of aliphatic hydroxyl groups is 1. The second-order valence-electron chi connectivity index (χ2n) is 25.8. The number of carbonyl (C=O) groups excluding carboxylic acids is 4. The van der Waals surface area contributed by atoms with Crippen LogP contribution >= 0.6 is 15.6 Å². The van der Waals surface area contributed by atoms with Crippen molar-refractivity contribution in [3.63, 3.8) is 0 Å². The van der Waals surface area contributed by atoms with Crippen LogP contribution in [0, 0.1) is 5.92 Å². The highest BCUT2D eigenvalue weighted by molar-refractivity contribution is 7.47. The van der Waals surface area contributed by atoms with Crippen LogP contribution in [-0.2, 0) is 65.4 Å². The van der Waals surface area contributed by atoms with Crippen LogP contribution in [0.5, 0.6) is 0 Å². The highest BCUT2D eigenvalue weighted by Gasteiger charge is 2.30. The topological polar surface area (TPSA) is 237 Å². The van der Waals surface area contributed by atoms with Crippen LogP contribution in [0.2, 0.25) is 0 Å². The summed E-state index contributed by atoms with van der Waals surface area (Å²) in [7, 11) is -9.91. The number of carbonyl (C=O) groups is 4. The summed E-state index contributed by atoms with van der Waals surface area (Å²) < 4.78 is 68.3. The summed E-state index contributed by atoms with van der Waals surface area (Å²) in [4.78, 5) is 72.5. The van der Waals surface area contributed by atoms with Gasteiger partial charge in [0, 0.05) is 25.7 Å². The van der Waals surface area contributed by atoms with Crippen molar-refractivity contribution in [1.29, 1.82) is 0 Å². The van der Waals surface area contributed by atoms with Gasteiger partial charge in [0.2, 0.25) is 0 Å². The first-order valence-corrected chi connectivity index (χ1v) is 39.9. The molecule has 91 heavy (non-hydrogen) atoms. The van der Waals surface area contributed by atoms with Crippen molar-refractivity contribution in [2.24, 2.45) is 5.92 Å². The van der Waals surface area contributed by atoms with Crippen LogP contribution in [0.3, 0.4) is 0 Å². The molecule has 0 saturated heterocycles. The summed E-state index contributed by atoms with van der Waals surface area (Å²) >= 11 is 0. The molecule has 0 spiro atoms. The first-order chi connectivity index (χ1) is 44.0. The Hall–Kier alpha value is -2.46. The smallest absolute Gasteiger partial charge is 0.462 e. The van der Waals surface area contributed by atoms with Gasteiger partial charge in [0.25, 0.3) is 0 Å². The Bertz CT molecular complexity index is 1850. The molecule has 0 aromatic rings. The molecule has 0 aromatic heterocycles. The van der Waals surface area contributed by atoms with Gasteiger partial charge in [0.15, 0.2) is 12.2 Å². The molecule has 0 saturated carbocycles. The molecule has 0 fully saturated rings. The predicted octanol–water partition coefficient (Wildman–Crippen LogP) is 20.5. The van der Waals surface area contributed by atoms with Crippen LogP contribution in [0.4, 0.5) is 0 Å². The standard InChI is InChI=1S/C72H136O17P2/c1-6-9-12-15-18-21-23-25-27-29-33-38-43-48-53-58-72(77)89-68(62-83-70(75)56-51-46-41-36-34-30-31-35-39-44-49-54-65(4)5)64-87-91(80,81)85-60-66(73)59-84-90(78,79)86-63-67(61-82-69(74)55-50-45-40-20-17-14-11-8-3)88-71(76)57-52-47-42-37-32-28-26-24-22-19-16-13-10-7-2/h21,23,25,27,65-68,73H,6-20,22,24,26,28-64H2,1-5H3,(H,78,79)(H,80,81)/b23-21-,27-25-/t66-,67+,68+/m0/s1. The van der Waals surface area contributed by atoms with E-state index in [0.717, 1.165) is 115 Å². The number of ether oxygens (including phenoxy) is 4. The normalized spacial score (nSPS) is 14.2. The highest BCUT2D eigenvalue weighted by atomic mass is 31.2. The third-order valence-corrected chi connectivity index (χ3v) is 18.1. The minimum Gasteiger partial charge on any atom is -0.462 e. The van der Waals surface area contributed by atoms with Gasteiger partial charge in [-0.1, -0.05) is 296 Å². The van der Waals surface area contributed by atoms with Crippen LogP contribution in [0.25, 0.3) is 0 Å². The maximum absolute atomic E-state index is 13.0. The van der Waals surface area contributed by atoms with E-state index in [1.165, 1.54) is 154 Å². The molecule has 0 bridgehead atoms. The summed E-state index contributed by atoms with van der Waals surface area (Å²) in [6.45, 7) is 7.17. The molecule has 5 atom stereocenters. The number of hydrogen-bond donors (Lipinski definition) is 3. The lowest BCUT2D eigenvalue weighted by Crippen LogP contribution is -2.30. The van der Waals surface area contributed by atoms with Gasteiger partial charge in [0.1, 0.15) is 19.3 Å². The van der Waals surface area contributed by atoms with Crippen molar-refractivity contribution >= 4 is 39.5 Å². The third-order valence-electron chi connectivity index (χ3n) is 16.2. The number of esters is 4. The van der Waals surface area contributed by atoms with Crippen molar-refractivity contribution in [2.45, 2.75) is 368 Å². The number of phosphoric acid groups is 2. The second kappa shape index (κ2) is 64.9. The Labute approximate surface area is 554 Å². The van der Waals surface area contributed by atoms with Gasteiger partial charge < -0.3 is 33.8 Å². The monoisotopic (exact) mass is 1330 g/mol. The molecule has 536 valence electrons. The lowest BCUT2D eigenvalue weighted by Gasteiger charge is -2.21. The van der Waals surface area contributed by atoms with Gasteiger partial charge in [-0.15, -0.1) is 0 Å². The van der Waals surface area contributed by atoms with Crippen LogP contribution < -0.4 is 0 Å². The van der Waals surface area contributed by atoms with E-state index in [-0.39, 0.29) is 25.7 Å². The fourth-order valence-electron chi connectivity index (χ4n) is 10.5. The molecule has 0 aliphatic heterocycles. The van der Waals surface area contributed by atoms with Crippen molar-refractivity contribution in [2.75, 3.05) is 39.6 Å². The summed E-state index contributed by atoms with van der Waals surface area (Å²) in [6.07, 6.45) is 54.9. The molecular weight excluding hydrogens is 1200 g/mol. The average Bonchev–Trinajstić information content (AvgIpc) is 3.66. The Morgan fingerprint density at radius 2 is 0.593 bits per heavy atom. The molecule has 19 heteroatoms. The summed E-state index contributed by atoms with van der Waals surface area (Å²) in [5.41, 5.74) is 0. The largest absolute Gasteiger partial charge is 0.472 e. The van der Waals surface area contributed by atoms with Crippen LogP contribution in [-0.4, -0.2) is 96.7 Å². The zero-order valence-corrected chi connectivity index (χ0v) is 60.3. The van der Waals surface area contributed by atoms with E-state index in [0.29, 0.717) is 25.7 Å². The molecule has 0 amide bonds. The van der Waals surface area contributed by atoms with E-state index < -0.39 is 97.5 Å². The average molecular weight is 1340 g/mol. The van der Waals surface area contributed by atoms with Gasteiger partial charge in [-0.3, -0.25) is 37.3 Å². The lowest BCUT2D eigenvalue weighted by atomic mass is 10.0. The van der Waals surface area contributed by atoms with Crippen LogP contribution in [0.1, 0.15) is 349 Å². The van der Waals surface area contributed by atoms with E-state index in [1.807, 2.05) is 0 Å².